The van der Waals surface area contributed by atoms with E-state index in [1.807, 2.05) is 0 Å². The minimum absolute atomic E-state index is 0. The summed E-state index contributed by atoms with van der Waals surface area (Å²) < 4.78 is 0. The molecule has 0 bridgehead atoms. The Hall–Kier alpha value is -10.0. The van der Waals surface area contributed by atoms with Gasteiger partial charge in [-0.3, -0.25) is 0 Å². The van der Waals surface area contributed by atoms with E-state index in [-0.39, 0.29) is 17.4 Å². The van der Waals surface area contributed by atoms with Crippen molar-refractivity contribution in [3.05, 3.63) is 319 Å². The van der Waals surface area contributed by atoms with Crippen molar-refractivity contribution in [3.8, 4) is 0 Å². The van der Waals surface area contributed by atoms with E-state index < -0.39 is 0 Å². The summed E-state index contributed by atoms with van der Waals surface area (Å²) in [6.07, 6.45) is 0. The van der Waals surface area contributed by atoms with Crippen LogP contribution in [0.5, 0.6) is 0 Å². The third-order valence-electron chi connectivity index (χ3n) is 16.6. The molecule has 15 rings (SSSR count). The average Bonchev–Trinajstić information content (AvgIpc) is 1.62. The van der Waals surface area contributed by atoms with Crippen LogP contribution in [0.4, 0.5) is 34.1 Å². The molecule has 7 heteroatoms. The first kappa shape index (κ1) is 61.2. The van der Waals surface area contributed by atoms with Crippen molar-refractivity contribution in [3.63, 3.8) is 0 Å². The third-order valence-corrected chi connectivity index (χ3v) is 16.6. The second-order valence-electron chi connectivity index (χ2n) is 25.0. The summed E-state index contributed by atoms with van der Waals surface area (Å²) in [6, 6.07) is 77.3. The topological polar surface area (TPSA) is 74.2 Å². The van der Waals surface area contributed by atoms with Crippen molar-refractivity contribution < 1.29 is 0 Å². The third kappa shape index (κ3) is 12.9. The van der Waals surface area contributed by atoms with Crippen LogP contribution in [0.1, 0.15) is 100 Å². The molecular weight excluding hydrogens is 1120 g/mol. The van der Waals surface area contributed by atoms with E-state index in [1.165, 1.54) is 99.1 Å². The normalized spacial score (nSPS) is 15.3. The Morgan fingerprint density at radius 1 is 0.176 bits per heavy atom. The predicted octanol–water partition coefficient (Wildman–Crippen LogP) is 21.6. The van der Waals surface area contributed by atoms with Crippen molar-refractivity contribution in [2.24, 2.45) is 30.0 Å². The minimum Gasteiger partial charge on any atom is -0.246 e. The molecule has 0 N–H and O–H groups in total. The Kier molecular flexibility index (Phi) is 17.1. The predicted molar refractivity (Wildman–Crippen MR) is 390 cm³/mol. The van der Waals surface area contributed by atoms with Crippen LogP contribution in [0.25, 0.3) is 32.3 Å². The summed E-state index contributed by atoms with van der Waals surface area (Å²) in [7, 11) is 0. The van der Waals surface area contributed by atoms with Crippen LogP contribution in [-0.2, 0) is 0 Å². The number of nitrogens with zero attached hydrogens (tertiary/aromatic N) is 6. The molecule has 12 aromatic rings. The van der Waals surface area contributed by atoms with Crippen LogP contribution in [0.2, 0.25) is 0 Å². The van der Waals surface area contributed by atoms with Crippen LogP contribution < -0.4 is 0 Å². The average molecular weight is 1190 g/mol. The number of benzene rings is 12. The van der Waals surface area contributed by atoms with Crippen LogP contribution in [0, 0.1) is 83.1 Å². The van der Waals surface area contributed by atoms with E-state index in [2.05, 4.69) is 301 Å². The molecule has 0 aliphatic heterocycles. The lowest BCUT2D eigenvalue weighted by Crippen LogP contribution is -2.10. The van der Waals surface area contributed by atoms with Crippen LogP contribution >= 0.6 is 0 Å². The van der Waals surface area contributed by atoms with Crippen LogP contribution in [0.3, 0.4) is 0 Å². The number of hydrogen-bond donors (Lipinski definition) is 0. The molecule has 3 aliphatic carbocycles. The lowest BCUT2D eigenvalue weighted by atomic mass is 10.1. The summed E-state index contributed by atoms with van der Waals surface area (Å²) in [5.41, 5.74) is 33.1. The highest BCUT2D eigenvalue weighted by molar-refractivity contribution is 6.63. The maximum absolute atomic E-state index is 5.13. The van der Waals surface area contributed by atoms with Gasteiger partial charge in [-0.25, -0.2) is 30.0 Å². The van der Waals surface area contributed by atoms with Gasteiger partial charge in [-0.15, -0.1) is 0 Å². The Morgan fingerprint density at radius 3 is 0.440 bits per heavy atom. The minimum atomic E-state index is 0. The fourth-order valence-electron chi connectivity index (χ4n) is 13.5. The van der Waals surface area contributed by atoms with E-state index in [0.29, 0.717) is 0 Å². The highest BCUT2D eigenvalue weighted by Gasteiger charge is 2.30. The van der Waals surface area contributed by atoms with E-state index >= 15 is 0 Å². The molecule has 0 saturated heterocycles. The molecule has 0 heterocycles. The molecule has 3 radical (unpaired) electrons. The van der Waals surface area contributed by atoms with E-state index in [1.54, 1.807) is 0 Å². The number of aryl methyl sites for hydroxylation is 12. The van der Waals surface area contributed by atoms with Crippen molar-refractivity contribution >= 4 is 118 Å². The van der Waals surface area contributed by atoms with Gasteiger partial charge < -0.3 is 0 Å². The zero-order chi connectivity index (χ0) is 62.5. The van der Waals surface area contributed by atoms with Gasteiger partial charge in [-0.2, -0.15) is 0 Å². The molecule has 6 nitrogen and oxygen atoms in total. The molecule has 0 saturated carbocycles. The van der Waals surface area contributed by atoms with E-state index in [9.17, 15) is 0 Å². The van der Waals surface area contributed by atoms with Gasteiger partial charge in [0.05, 0.1) is 68.4 Å². The number of aliphatic imine (C=N–C) groups is 6. The first-order valence-electron chi connectivity index (χ1n) is 31.0. The van der Waals surface area contributed by atoms with Gasteiger partial charge in [0, 0.05) is 66.9 Å². The number of rotatable bonds is 6. The second-order valence-corrected chi connectivity index (χ2v) is 25.0. The molecule has 3 aliphatic rings. The maximum atomic E-state index is 5.13. The SMILES string of the molecule is Cc1cc(C)cc(N=C2C(=Nc3cc(C)cc(C)c3)c3cccc4cccc2c34)c1.Cc1cc(C)cc(N=C2C(=Nc3cc(C)cc(C)c3)c3cccc4cccc2c34)c1.Cc1cc(C)cc(N=C2C(=Nc3cc(C)cc(C)c3)c3cccc4cccc2c34)c1.[Al]. The Balaban J connectivity index is 0.000000131. The molecule has 91 heavy (non-hydrogen) atoms. The number of hydrogen-bond acceptors (Lipinski definition) is 6. The van der Waals surface area contributed by atoms with Gasteiger partial charge in [0.25, 0.3) is 0 Å². The summed E-state index contributed by atoms with van der Waals surface area (Å²) in [5, 5.41) is 7.40. The smallest absolute Gasteiger partial charge is 0.0978 e. The van der Waals surface area contributed by atoms with Gasteiger partial charge >= 0.3 is 0 Å². The fraction of sp³-hybridized carbons (Fsp3) is 0.143. The van der Waals surface area contributed by atoms with Crippen molar-refractivity contribution in [2.75, 3.05) is 0 Å². The van der Waals surface area contributed by atoms with Crippen LogP contribution in [0.15, 0.2) is 248 Å². The fourth-order valence-corrected chi connectivity index (χ4v) is 13.5. The molecule has 0 spiro atoms. The highest BCUT2D eigenvalue weighted by atomic mass is 27.0. The Bertz CT molecular complexity index is 4210. The quantitative estimate of drug-likeness (QED) is 0.149. The van der Waals surface area contributed by atoms with Gasteiger partial charge in [0.2, 0.25) is 0 Å². The molecule has 0 amide bonds. The first-order valence-corrected chi connectivity index (χ1v) is 31.0. The summed E-state index contributed by atoms with van der Waals surface area (Å²) in [6.45, 7) is 25.4. The van der Waals surface area contributed by atoms with Gasteiger partial charge in [0.15, 0.2) is 0 Å². The van der Waals surface area contributed by atoms with E-state index in [0.717, 1.165) is 102 Å². The molecule has 0 fully saturated rings. The van der Waals surface area contributed by atoms with Gasteiger partial charge in [0.1, 0.15) is 0 Å². The Labute approximate surface area is 546 Å². The zero-order valence-corrected chi connectivity index (χ0v) is 55.2. The van der Waals surface area contributed by atoms with Crippen molar-refractivity contribution in [1.82, 2.24) is 0 Å². The highest BCUT2D eigenvalue weighted by Crippen LogP contribution is 2.39. The summed E-state index contributed by atoms with van der Waals surface area (Å²) in [4.78, 5) is 30.8. The monoisotopic (exact) mass is 1190 g/mol. The van der Waals surface area contributed by atoms with Gasteiger partial charge in [-0.05, 0) is 239 Å². The summed E-state index contributed by atoms with van der Waals surface area (Å²) >= 11 is 0. The zero-order valence-electron chi connectivity index (χ0n) is 54.0. The molecule has 0 atom stereocenters. The lowest BCUT2D eigenvalue weighted by Gasteiger charge is -2.07. The molecule has 0 aromatic heterocycles. The van der Waals surface area contributed by atoms with Crippen molar-refractivity contribution in [2.45, 2.75) is 83.1 Å². The van der Waals surface area contributed by atoms with E-state index in [4.69, 9.17) is 30.0 Å². The van der Waals surface area contributed by atoms with Crippen LogP contribution in [-0.4, -0.2) is 51.6 Å². The van der Waals surface area contributed by atoms with Gasteiger partial charge in [-0.1, -0.05) is 146 Å². The molecule has 441 valence electrons. The first-order chi connectivity index (χ1) is 43.4. The molecule has 12 aromatic carbocycles. The Morgan fingerprint density at radius 2 is 0.308 bits per heavy atom. The van der Waals surface area contributed by atoms with Crippen molar-refractivity contribution in [1.29, 1.82) is 0 Å². The lowest BCUT2D eigenvalue weighted by molar-refractivity contribution is 1.35. The molecular formula is C84H72AlN6. The molecule has 0 unspecified atom stereocenters. The summed E-state index contributed by atoms with van der Waals surface area (Å²) in [5.74, 6) is 0. The maximum Gasteiger partial charge on any atom is 0.0978 e. The largest absolute Gasteiger partial charge is 0.246 e. The standard InChI is InChI=1S/3C28H24N2.Al/c3*1-17-11-18(2)14-22(13-17)29-27-24-9-5-7-21-8-6-10-25(26(21)24)28(27)30-23-15-19(3)12-20(4)16-23;/h3*5-16H,1-4H3;. The second kappa shape index (κ2) is 25.5.